The van der Waals surface area contributed by atoms with E-state index in [9.17, 15) is 4.79 Å². The van der Waals surface area contributed by atoms with Gasteiger partial charge in [0.25, 0.3) is 5.91 Å². The Morgan fingerprint density at radius 2 is 1.95 bits per heavy atom. The fourth-order valence-corrected chi connectivity index (χ4v) is 2.13. The summed E-state index contributed by atoms with van der Waals surface area (Å²) in [5.74, 6) is 0.474. The molecule has 0 bridgehead atoms. The molecule has 0 spiro atoms. The lowest BCUT2D eigenvalue weighted by Crippen LogP contribution is -2.13. The molecule has 0 fully saturated rings. The van der Waals surface area contributed by atoms with Crippen molar-refractivity contribution in [1.82, 2.24) is 0 Å². The van der Waals surface area contributed by atoms with Crippen molar-refractivity contribution in [3.8, 4) is 5.75 Å². The van der Waals surface area contributed by atoms with Gasteiger partial charge in [0.15, 0.2) is 0 Å². The lowest BCUT2D eigenvalue weighted by Gasteiger charge is -2.09. The van der Waals surface area contributed by atoms with E-state index >= 15 is 0 Å². The first kappa shape index (κ1) is 15.4. The number of aryl methyl sites for hydroxylation is 1. The lowest BCUT2D eigenvalue weighted by atomic mass is 10.1. The average Bonchev–Trinajstić information content (AvgIpc) is 2.46. The zero-order valence-electron chi connectivity index (χ0n) is 11.7. The number of ether oxygens (including phenoxy) is 1. The fraction of sp³-hybridized carbons (Fsp3) is 0.188. The van der Waals surface area contributed by atoms with Crippen LogP contribution < -0.4 is 15.8 Å². The zero-order chi connectivity index (χ0) is 15.2. The SMILES string of the molecule is Cc1ccc(C(=O)Nc2ccc(OCCN)cc2)c(Cl)c1. The second-order valence-corrected chi connectivity index (χ2v) is 5.01. The van der Waals surface area contributed by atoms with E-state index in [0.717, 1.165) is 5.56 Å². The minimum Gasteiger partial charge on any atom is -0.492 e. The van der Waals surface area contributed by atoms with E-state index in [1.165, 1.54) is 0 Å². The largest absolute Gasteiger partial charge is 0.492 e. The zero-order valence-corrected chi connectivity index (χ0v) is 12.5. The van der Waals surface area contributed by atoms with Crippen LogP contribution in [0, 0.1) is 6.92 Å². The smallest absolute Gasteiger partial charge is 0.257 e. The second-order valence-electron chi connectivity index (χ2n) is 4.60. The van der Waals surface area contributed by atoms with Gasteiger partial charge in [-0.15, -0.1) is 0 Å². The molecular formula is C16H17ClN2O2. The van der Waals surface area contributed by atoms with Crippen LogP contribution in [0.2, 0.25) is 5.02 Å². The van der Waals surface area contributed by atoms with Crippen LogP contribution in [0.1, 0.15) is 15.9 Å². The summed E-state index contributed by atoms with van der Waals surface area (Å²) in [7, 11) is 0. The molecule has 4 nitrogen and oxygen atoms in total. The molecule has 21 heavy (non-hydrogen) atoms. The van der Waals surface area contributed by atoms with Crippen LogP contribution in [-0.2, 0) is 0 Å². The topological polar surface area (TPSA) is 64.3 Å². The van der Waals surface area contributed by atoms with Crippen molar-refractivity contribution in [2.75, 3.05) is 18.5 Å². The van der Waals surface area contributed by atoms with Gasteiger partial charge in [-0.05, 0) is 48.9 Å². The van der Waals surface area contributed by atoms with Gasteiger partial charge in [0.2, 0.25) is 0 Å². The number of carbonyl (C=O) groups is 1. The Bertz CT molecular complexity index is 627. The number of rotatable bonds is 5. The summed E-state index contributed by atoms with van der Waals surface area (Å²) in [6.07, 6.45) is 0. The van der Waals surface area contributed by atoms with Crippen molar-refractivity contribution in [2.24, 2.45) is 5.73 Å². The number of anilines is 1. The Labute approximate surface area is 128 Å². The molecule has 2 rings (SSSR count). The lowest BCUT2D eigenvalue weighted by molar-refractivity contribution is 0.102. The predicted octanol–water partition coefficient (Wildman–Crippen LogP) is 3.24. The summed E-state index contributed by atoms with van der Waals surface area (Å²) in [5.41, 5.74) is 7.51. The molecular weight excluding hydrogens is 288 g/mol. The summed E-state index contributed by atoms with van der Waals surface area (Å²) in [6, 6.07) is 12.4. The maximum atomic E-state index is 12.2. The second kappa shape index (κ2) is 7.11. The molecule has 0 saturated carbocycles. The number of nitrogens with one attached hydrogen (secondary N) is 1. The molecule has 2 aromatic carbocycles. The third-order valence-electron chi connectivity index (χ3n) is 2.87. The third-order valence-corrected chi connectivity index (χ3v) is 3.18. The van der Waals surface area contributed by atoms with Crippen LogP contribution in [0.3, 0.4) is 0 Å². The van der Waals surface area contributed by atoms with Gasteiger partial charge in [-0.1, -0.05) is 17.7 Å². The van der Waals surface area contributed by atoms with Gasteiger partial charge in [0, 0.05) is 12.2 Å². The van der Waals surface area contributed by atoms with Crippen LogP contribution in [-0.4, -0.2) is 19.1 Å². The molecule has 2 aromatic rings. The average molecular weight is 305 g/mol. The Morgan fingerprint density at radius 1 is 1.24 bits per heavy atom. The molecule has 3 N–H and O–H groups in total. The van der Waals surface area contributed by atoms with E-state index in [-0.39, 0.29) is 5.91 Å². The summed E-state index contributed by atoms with van der Waals surface area (Å²) in [4.78, 5) is 12.2. The summed E-state index contributed by atoms with van der Waals surface area (Å²) < 4.78 is 5.37. The first-order valence-corrected chi connectivity index (χ1v) is 6.98. The van der Waals surface area contributed by atoms with E-state index < -0.39 is 0 Å². The summed E-state index contributed by atoms with van der Waals surface area (Å²) in [6.45, 7) is 2.85. The Hall–Kier alpha value is -2.04. The van der Waals surface area contributed by atoms with Crippen molar-refractivity contribution in [2.45, 2.75) is 6.92 Å². The molecule has 0 atom stereocenters. The molecule has 0 aliphatic rings. The van der Waals surface area contributed by atoms with E-state index in [2.05, 4.69) is 5.32 Å². The van der Waals surface area contributed by atoms with Crippen molar-refractivity contribution in [1.29, 1.82) is 0 Å². The predicted molar refractivity (Wildman–Crippen MR) is 85.1 cm³/mol. The molecule has 1 amide bonds. The van der Waals surface area contributed by atoms with Crippen LogP contribution >= 0.6 is 11.6 Å². The monoisotopic (exact) mass is 304 g/mol. The Morgan fingerprint density at radius 3 is 2.57 bits per heavy atom. The van der Waals surface area contributed by atoms with Gasteiger partial charge in [0.1, 0.15) is 12.4 Å². The van der Waals surface area contributed by atoms with Gasteiger partial charge in [-0.3, -0.25) is 4.79 Å². The number of halogens is 1. The van der Waals surface area contributed by atoms with E-state index in [4.69, 9.17) is 22.1 Å². The normalized spacial score (nSPS) is 10.2. The quantitative estimate of drug-likeness (QED) is 0.891. The fourth-order valence-electron chi connectivity index (χ4n) is 1.81. The third kappa shape index (κ3) is 4.21. The first-order valence-electron chi connectivity index (χ1n) is 6.60. The first-order chi connectivity index (χ1) is 10.1. The van der Waals surface area contributed by atoms with Crippen molar-refractivity contribution in [3.63, 3.8) is 0 Å². The highest BCUT2D eigenvalue weighted by Crippen LogP contribution is 2.20. The van der Waals surface area contributed by atoms with Crippen molar-refractivity contribution >= 4 is 23.2 Å². The van der Waals surface area contributed by atoms with Gasteiger partial charge < -0.3 is 15.8 Å². The van der Waals surface area contributed by atoms with Crippen molar-refractivity contribution in [3.05, 3.63) is 58.6 Å². The maximum Gasteiger partial charge on any atom is 0.257 e. The van der Waals surface area contributed by atoms with Gasteiger partial charge in [-0.2, -0.15) is 0 Å². The number of carbonyl (C=O) groups excluding carboxylic acids is 1. The maximum absolute atomic E-state index is 12.2. The van der Waals surface area contributed by atoms with Gasteiger partial charge in [-0.25, -0.2) is 0 Å². The Kier molecular flexibility index (Phi) is 5.20. The van der Waals surface area contributed by atoms with Crippen molar-refractivity contribution < 1.29 is 9.53 Å². The minimum absolute atomic E-state index is 0.240. The van der Waals surface area contributed by atoms with Crippen LogP contribution in [0.25, 0.3) is 0 Å². The number of nitrogens with two attached hydrogens (primary N) is 1. The minimum atomic E-state index is -0.240. The van der Waals surface area contributed by atoms with E-state index in [0.29, 0.717) is 35.2 Å². The van der Waals surface area contributed by atoms with Crippen LogP contribution in [0.4, 0.5) is 5.69 Å². The summed E-state index contributed by atoms with van der Waals surface area (Å²) in [5, 5.41) is 3.24. The molecule has 0 aliphatic heterocycles. The molecule has 0 unspecified atom stereocenters. The van der Waals surface area contributed by atoms with Gasteiger partial charge >= 0.3 is 0 Å². The molecule has 0 heterocycles. The standard InChI is InChI=1S/C16H17ClN2O2/c1-11-2-7-14(15(17)10-11)16(20)19-12-3-5-13(6-4-12)21-9-8-18/h2-7,10H,8-9,18H2,1H3,(H,19,20). The highest BCUT2D eigenvalue weighted by atomic mass is 35.5. The van der Waals surface area contributed by atoms with Crippen LogP contribution in [0.5, 0.6) is 5.75 Å². The molecule has 0 saturated heterocycles. The molecule has 0 aliphatic carbocycles. The molecule has 110 valence electrons. The number of hydrogen-bond donors (Lipinski definition) is 2. The Balaban J connectivity index is 2.05. The molecule has 0 aromatic heterocycles. The number of amides is 1. The number of hydrogen-bond acceptors (Lipinski definition) is 3. The van der Waals surface area contributed by atoms with Crippen LogP contribution in [0.15, 0.2) is 42.5 Å². The molecule has 0 radical (unpaired) electrons. The highest BCUT2D eigenvalue weighted by Gasteiger charge is 2.10. The number of benzene rings is 2. The van der Waals surface area contributed by atoms with E-state index in [1.807, 2.05) is 13.0 Å². The summed E-state index contributed by atoms with van der Waals surface area (Å²) >= 11 is 6.08. The highest BCUT2D eigenvalue weighted by molar-refractivity contribution is 6.34. The van der Waals surface area contributed by atoms with Gasteiger partial charge in [0.05, 0.1) is 10.6 Å². The molecule has 5 heteroatoms. The van der Waals surface area contributed by atoms with E-state index in [1.54, 1.807) is 36.4 Å².